The van der Waals surface area contributed by atoms with Crippen molar-refractivity contribution >= 4 is 21.8 Å². The van der Waals surface area contributed by atoms with E-state index < -0.39 is 0 Å². The van der Waals surface area contributed by atoms with Crippen LogP contribution in [0.15, 0.2) is 12.1 Å². The van der Waals surface area contributed by atoms with Crippen LogP contribution >= 0.6 is 16.1 Å². The van der Waals surface area contributed by atoms with Crippen LogP contribution in [0.25, 0.3) is 0 Å². The van der Waals surface area contributed by atoms with Crippen LogP contribution < -0.4 is 3.93 Å². The maximum absolute atomic E-state index is 3.55. The van der Waals surface area contributed by atoms with Gasteiger partial charge in [-0.15, -0.1) is 0 Å². The summed E-state index contributed by atoms with van der Waals surface area (Å²) in [6.07, 6.45) is 21.3. The van der Waals surface area contributed by atoms with Crippen LogP contribution in [0.4, 0.5) is 5.69 Å². The standard InChI is InChI=1S/C25H44BrN/c1-5-6-7-8-9-10-11-12-13-14-15-16-17-18-19-24-20-21-25(27(4)26)23(3)22(24)2/h20-21H,5-19H2,1-4H3. The molecule has 156 valence electrons. The molecule has 0 atom stereocenters. The molecule has 1 aromatic rings. The van der Waals surface area contributed by atoms with Crippen molar-refractivity contribution in [3.63, 3.8) is 0 Å². The predicted molar refractivity (Wildman–Crippen MR) is 127 cm³/mol. The van der Waals surface area contributed by atoms with Crippen LogP contribution in [-0.2, 0) is 6.42 Å². The lowest BCUT2D eigenvalue weighted by atomic mass is 9.96. The number of benzene rings is 1. The molecule has 0 spiro atoms. The lowest BCUT2D eigenvalue weighted by Crippen LogP contribution is -2.04. The fraction of sp³-hybridized carbons (Fsp3) is 0.760. The van der Waals surface area contributed by atoms with E-state index >= 15 is 0 Å². The number of rotatable bonds is 16. The summed E-state index contributed by atoms with van der Waals surface area (Å²) in [6, 6.07) is 4.56. The molecule has 0 aliphatic heterocycles. The second-order valence-electron chi connectivity index (χ2n) is 8.32. The van der Waals surface area contributed by atoms with Gasteiger partial charge in [0.15, 0.2) is 0 Å². The van der Waals surface area contributed by atoms with E-state index in [1.807, 2.05) is 3.93 Å². The fourth-order valence-corrected chi connectivity index (χ4v) is 4.36. The predicted octanol–water partition coefficient (Wildman–Crippen LogP) is 9.07. The molecule has 0 fully saturated rings. The monoisotopic (exact) mass is 437 g/mol. The van der Waals surface area contributed by atoms with Crippen molar-refractivity contribution in [2.24, 2.45) is 0 Å². The molecule has 0 aromatic heterocycles. The Balaban J connectivity index is 2.00. The molecule has 1 aromatic carbocycles. The Morgan fingerprint density at radius 2 is 1.11 bits per heavy atom. The summed E-state index contributed by atoms with van der Waals surface area (Å²) in [5, 5.41) is 0. The van der Waals surface area contributed by atoms with Crippen LogP contribution in [0.5, 0.6) is 0 Å². The van der Waals surface area contributed by atoms with Gasteiger partial charge in [0, 0.05) is 28.9 Å². The molecule has 0 N–H and O–H groups in total. The zero-order chi connectivity index (χ0) is 19.9. The van der Waals surface area contributed by atoms with Gasteiger partial charge >= 0.3 is 0 Å². The lowest BCUT2D eigenvalue weighted by molar-refractivity contribution is 0.535. The van der Waals surface area contributed by atoms with E-state index in [1.54, 1.807) is 0 Å². The van der Waals surface area contributed by atoms with Crippen molar-refractivity contribution in [3.05, 3.63) is 28.8 Å². The molecular weight excluding hydrogens is 394 g/mol. The van der Waals surface area contributed by atoms with E-state index in [-0.39, 0.29) is 0 Å². The van der Waals surface area contributed by atoms with Crippen LogP contribution in [0, 0.1) is 13.8 Å². The molecule has 0 amide bonds. The van der Waals surface area contributed by atoms with Crippen LogP contribution in [-0.4, -0.2) is 7.05 Å². The summed E-state index contributed by atoms with van der Waals surface area (Å²) < 4.78 is 2.03. The second-order valence-corrected chi connectivity index (χ2v) is 9.38. The molecule has 1 rings (SSSR count). The molecule has 0 saturated heterocycles. The summed E-state index contributed by atoms with van der Waals surface area (Å²) in [7, 11) is 2.05. The summed E-state index contributed by atoms with van der Waals surface area (Å²) >= 11 is 3.55. The van der Waals surface area contributed by atoms with Gasteiger partial charge in [0.25, 0.3) is 0 Å². The minimum absolute atomic E-state index is 1.23. The van der Waals surface area contributed by atoms with Gasteiger partial charge in [-0.25, -0.2) is 0 Å². The topological polar surface area (TPSA) is 3.24 Å². The van der Waals surface area contributed by atoms with Crippen molar-refractivity contribution < 1.29 is 0 Å². The first-order valence-electron chi connectivity index (χ1n) is 11.6. The third kappa shape index (κ3) is 10.6. The van der Waals surface area contributed by atoms with E-state index in [4.69, 9.17) is 0 Å². The third-order valence-electron chi connectivity index (χ3n) is 6.00. The minimum Gasteiger partial charge on any atom is -0.312 e. The summed E-state index contributed by atoms with van der Waals surface area (Å²) in [5.41, 5.74) is 5.67. The van der Waals surface area contributed by atoms with Gasteiger partial charge in [0.05, 0.1) is 0 Å². The van der Waals surface area contributed by atoms with Crippen molar-refractivity contribution in [2.45, 2.75) is 117 Å². The Morgan fingerprint density at radius 3 is 1.56 bits per heavy atom. The summed E-state index contributed by atoms with van der Waals surface area (Å²) in [5.74, 6) is 0. The number of halogens is 1. The number of aryl methyl sites for hydroxylation is 1. The van der Waals surface area contributed by atoms with Crippen LogP contribution in [0.2, 0.25) is 0 Å². The van der Waals surface area contributed by atoms with Gasteiger partial charge < -0.3 is 3.93 Å². The normalized spacial score (nSPS) is 11.1. The SMILES string of the molecule is CCCCCCCCCCCCCCCCc1ccc(N(C)Br)c(C)c1C. The van der Waals surface area contributed by atoms with E-state index in [2.05, 4.69) is 56.1 Å². The molecule has 2 heteroatoms. The Kier molecular flexibility index (Phi) is 14.0. The van der Waals surface area contributed by atoms with Gasteiger partial charge in [-0.1, -0.05) is 96.5 Å². The number of anilines is 1. The molecule has 0 heterocycles. The van der Waals surface area contributed by atoms with E-state index in [1.165, 1.54) is 119 Å². The molecule has 0 bridgehead atoms. The molecule has 0 saturated carbocycles. The molecule has 0 unspecified atom stereocenters. The zero-order valence-corrected chi connectivity index (χ0v) is 20.2. The largest absolute Gasteiger partial charge is 0.312 e. The summed E-state index contributed by atoms with van der Waals surface area (Å²) in [6.45, 7) is 6.80. The van der Waals surface area contributed by atoms with Gasteiger partial charge in [-0.2, -0.15) is 0 Å². The average Bonchev–Trinajstić information content (AvgIpc) is 2.65. The van der Waals surface area contributed by atoms with E-state index in [0.717, 1.165) is 0 Å². The fourth-order valence-electron chi connectivity index (χ4n) is 3.98. The van der Waals surface area contributed by atoms with Crippen molar-refractivity contribution in [3.8, 4) is 0 Å². The Hall–Kier alpha value is -0.500. The highest BCUT2D eigenvalue weighted by atomic mass is 79.9. The quantitative estimate of drug-likeness (QED) is 0.184. The smallest absolute Gasteiger partial charge is 0.0499 e. The number of hydrogen-bond acceptors (Lipinski definition) is 1. The maximum atomic E-state index is 3.55. The highest BCUT2D eigenvalue weighted by molar-refractivity contribution is 9.10. The zero-order valence-electron chi connectivity index (χ0n) is 18.6. The van der Waals surface area contributed by atoms with Crippen molar-refractivity contribution in [1.29, 1.82) is 0 Å². The molecular formula is C25H44BrN. The molecule has 0 radical (unpaired) electrons. The molecule has 27 heavy (non-hydrogen) atoms. The first kappa shape index (κ1) is 24.5. The Labute approximate surface area is 178 Å². The number of unbranched alkanes of at least 4 members (excludes halogenated alkanes) is 13. The van der Waals surface area contributed by atoms with Gasteiger partial charge in [0.2, 0.25) is 0 Å². The Bertz CT molecular complexity index is 495. The lowest BCUT2D eigenvalue weighted by Gasteiger charge is -2.17. The van der Waals surface area contributed by atoms with E-state index in [0.29, 0.717) is 0 Å². The van der Waals surface area contributed by atoms with E-state index in [9.17, 15) is 0 Å². The molecule has 0 aliphatic rings. The first-order chi connectivity index (χ1) is 13.1. The highest BCUT2D eigenvalue weighted by Gasteiger charge is 2.08. The van der Waals surface area contributed by atoms with Gasteiger partial charge in [-0.05, 0) is 49.4 Å². The first-order valence-corrected chi connectivity index (χ1v) is 12.3. The molecule has 1 nitrogen and oxygen atoms in total. The van der Waals surface area contributed by atoms with Crippen LogP contribution in [0.3, 0.4) is 0 Å². The minimum atomic E-state index is 1.23. The second kappa shape index (κ2) is 15.4. The van der Waals surface area contributed by atoms with Crippen molar-refractivity contribution in [1.82, 2.24) is 0 Å². The van der Waals surface area contributed by atoms with Gasteiger partial charge in [-0.3, -0.25) is 0 Å². The Morgan fingerprint density at radius 1 is 0.667 bits per heavy atom. The maximum Gasteiger partial charge on any atom is 0.0499 e. The van der Waals surface area contributed by atoms with Crippen molar-refractivity contribution in [2.75, 3.05) is 11.0 Å². The molecule has 0 aliphatic carbocycles. The highest BCUT2D eigenvalue weighted by Crippen LogP contribution is 2.27. The number of nitrogens with zero attached hydrogens (tertiary/aromatic N) is 1. The third-order valence-corrected chi connectivity index (χ3v) is 6.38. The van der Waals surface area contributed by atoms with Gasteiger partial charge in [0.1, 0.15) is 0 Å². The average molecular weight is 439 g/mol. The summed E-state index contributed by atoms with van der Waals surface area (Å²) in [4.78, 5) is 0. The number of hydrogen-bond donors (Lipinski definition) is 0. The van der Waals surface area contributed by atoms with Crippen LogP contribution in [0.1, 0.15) is 114 Å².